The van der Waals surface area contributed by atoms with Crippen molar-refractivity contribution in [2.24, 2.45) is 0 Å². The number of benzene rings is 1. The van der Waals surface area contributed by atoms with E-state index in [-0.39, 0.29) is 20.0 Å². The number of amides is 2. The smallest absolute Gasteiger partial charge is 0.408 e. The van der Waals surface area contributed by atoms with Gasteiger partial charge in [0.2, 0.25) is 0 Å². The predicted molar refractivity (Wildman–Crippen MR) is 113 cm³/mol. The van der Waals surface area contributed by atoms with Gasteiger partial charge in [-0.3, -0.25) is 0 Å². The fourth-order valence-electron chi connectivity index (χ4n) is 3.14. The molecule has 0 unspecified atom stereocenters. The molecule has 0 spiro atoms. The van der Waals surface area contributed by atoms with Crippen molar-refractivity contribution in [3.05, 3.63) is 47.5 Å². The molecule has 0 aliphatic heterocycles. The highest BCUT2D eigenvalue weighted by atomic mass is 16.7. The molecule has 3 N–H and O–H groups in total. The first-order valence-corrected chi connectivity index (χ1v) is 10.1. The number of methoxy groups -OCH3 is 1. The van der Waals surface area contributed by atoms with Crippen LogP contribution in [0.25, 0.3) is 0 Å². The molecule has 0 fully saturated rings. The van der Waals surface area contributed by atoms with Crippen molar-refractivity contribution in [1.82, 2.24) is 10.6 Å². The van der Waals surface area contributed by atoms with E-state index in [1.54, 1.807) is 26.8 Å². The average Bonchev–Trinajstić information content (AvgIpc) is 2.71. The Bertz CT molecular complexity index is 746. The van der Waals surface area contributed by atoms with Gasteiger partial charge in [0.05, 0.1) is 18.7 Å². The number of ether oxygens (including phenoxy) is 4. The summed E-state index contributed by atoms with van der Waals surface area (Å²) in [6, 6.07) is 8.03. The molecule has 172 valence electrons. The van der Waals surface area contributed by atoms with Gasteiger partial charge in [0, 0.05) is 7.11 Å². The summed E-state index contributed by atoms with van der Waals surface area (Å²) in [7, 11) is 1.48. The fourth-order valence-corrected chi connectivity index (χ4v) is 3.14. The van der Waals surface area contributed by atoms with Crippen molar-refractivity contribution >= 4 is 12.2 Å². The molecular formula is C22H32N2O7. The first-order valence-electron chi connectivity index (χ1n) is 10.1. The minimum absolute atomic E-state index is 0.0302. The van der Waals surface area contributed by atoms with Crippen molar-refractivity contribution in [2.75, 3.05) is 20.5 Å². The molecule has 0 saturated carbocycles. The zero-order valence-corrected chi connectivity index (χ0v) is 18.4. The van der Waals surface area contributed by atoms with Gasteiger partial charge in [0.15, 0.2) is 0 Å². The lowest BCUT2D eigenvalue weighted by atomic mass is 9.88. The molecule has 2 amide bonds. The summed E-state index contributed by atoms with van der Waals surface area (Å²) in [5.41, 5.74) is 0.823. The zero-order chi connectivity index (χ0) is 22.9. The summed E-state index contributed by atoms with van der Waals surface area (Å²) in [5.74, 6) is 0. The van der Waals surface area contributed by atoms with Crippen LogP contribution in [0.5, 0.6) is 0 Å². The average molecular weight is 437 g/mol. The molecule has 1 aliphatic carbocycles. The third-order valence-electron chi connectivity index (χ3n) is 4.45. The molecular weight excluding hydrogens is 404 g/mol. The Balaban J connectivity index is 2.11. The van der Waals surface area contributed by atoms with E-state index < -0.39 is 36.0 Å². The molecule has 2 rings (SSSR count). The van der Waals surface area contributed by atoms with E-state index in [1.165, 1.54) is 7.11 Å². The lowest BCUT2D eigenvalue weighted by Crippen LogP contribution is -2.59. The van der Waals surface area contributed by atoms with Crippen LogP contribution in [0, 0.1) is 0 Å². The highest BCUT2D eigenvalue weighted by Crippen LogP contribution is 2.23. The summed E-state index contributed by atoms with van der Waals surface area (Å²) < 4.78 is 21.3. The van der Waals surface area contributed by atoms with Crippen molar-refractivity contribution in [1.29, 1.82) is 0 Å². The number of carbonyl (C=O) groups excluding carboxylic acids is 2. The number of rotatable bonds is 8. The van der Waals surface area contributed by atoms with Crippen LogP contribution >= 0.6 is 0 Å². The lowest BCUT2D eigenvalue weighted by molar-refractivity contribution is -0.0724. The van der Waals surface area contributed by atoms with Crippen LogP contribution in [0.2, 0.25) is 0 Å². The standard InChI is InChI=1S/C22H32N2O7/c1-22(2,3)31-21(27)24-19-17(10-16(12-25)11-18(19)30-14-28-4)23-20(26)29-13-15-8-6-5-7-9-15/h5-9,11,17-19,25H,10,12-14H2,1-4H3,(H,23,26)(H,24,27)/t17-,18+,19+/m0/s1. The molecule has 0 radical (unpaired) electrons. The number of nitrogens with one attached hydrogen (secondary N) is 2. The van der Waals surface area contributed by atoms with Crippen LogP contribution < -0.4 is 10.6 Å². The van der Waals surface area contributed by atoms with E-state index in [9.17, 15) is 14.7 Å². The minimum atomic E-state index is -0.689. The Kier molecular flexibility index (Phi) is 9.29. The Hall–Kier alpha value is -2.62. The van der Waals surface area contributed by atoms with Crippen molar-refractivity contribution in [3.8, 4) is 0 Å². The quantitative estimate of drug-likeness (QED) is 0.424. The number of alkyl carbamates (subject to hydrolysis) is 2. The highest BCUT2D eigenvalue weighted by molar-refractivity contribution is 5.70. The van der Waals surface area contributed by atoms with Crippen LogP contribution in [0.15, 0.2) is 42.0 Å². The Labute approximate surface area is 182 Å². The van der Waals surface area contributed by atoms with Gasteiger partial charge in [-0.05, 0) is 38.3 Å². The first kappa shape index (κ1) is 24.6. The molecule has 0 heterocycles. The number of aliphatic hydroxyl groups is 1. The van der Waals surface area contributed by atoms with Gasteiger partial charge in [-0.25, -0.2) is 9.59 Å². The fraction of sp³-hybridized carbons (Fsp3) is 0.545. The van der Waals surface area contributed by atoms with Crippen LogP contribution in [-0.4, -0.2) is 61.6 Å². The largest absolute Gasteiger partial charge is 0.445 e. The monoisotopic (exact) mass is 436 g/mol. The summed E-state index contributed by atoms with van der Waals surface area (Å²) in [6.45, 7) is 5.14. The molecule has 9 heteroatoms. The molecule has 1 aromatic carbocycles. The van der Waals surface area contributed by atoms with E-state index in [2.05, 4.69) is 10.6 Å². The Morgan fingerprint density at radius 1 is 1.13 bits per heavy atom. The van der Waals surface area contributed by atoms with Gasteiger partial charge in [0.25, 0.3) is 0 Å². The third-order valence-corrected chi connectivity index (χ3v) is 4.45. The van der Waals surface area contributed by atoms with Gasteiger partial charge in [-0.15, -0.1) is 0 Å². The van der Waals surface area contributed by atoms with Gasteiger partial charge in [0.1, 0.15) is 25.1 Å². The molecule has 3 atom stereocenters. The predicted octanol–water partition coefficient (Wildman–Crippen LogP) is 2.49. The van der Waals surface area contributed by atoms with Gasteiger partial charge in [-0.1, -0.05) is 36.4 Å². The number of carbonyl (C=O) groups is 2. The summed E-state index contributed by atoms with van der Waals surface area (Å²) in [4.78, 5) is 24.8. The van der Waals surface area contributed by atoms with E-state index in [0.29, 0.717) is 12.0 Å². The molecule has 9 nitrogen and oxygen atoms in total. The van der Waals surface area contributed by atoms with E-state index >= 15 is 0 Å². The summed E-state index contributed by atoms with van der Waals surface area (Å²) >= 11 is 0. The highest BCUT2D eigenvalue weighted by Gasteiger charge is 2.37. The molecule has 0 aromatic heterocycles. The minimum Gasteiger partial charge on any atom is -0.445 e. The van der Waals surface area contributed by atoms with Crippen molar-refractivity contribution < 1.29 is 33.6 Å². The van der Waals surface area contributed by atoms with Gasteiger partial charge in [-0.2, -0.15) is 0 Å². The van der Waals surface area contributed by atoms with Crippen molar-refractivity contribution in [2.45, 2.75) is 57.6 Å². The van der Waals surface area contributed by atoms with E-state index in [0.717, 1.165) is 5.56 Å². The van der Waals surface area contributed by atoms with Crippen LogP contribution in [-0.2, 0) is 25.6 Å². The number of aliphatic hydroxyl groups excluding tert-OH is 1. The lowest BCUT2D eigenvalue weighted by Gasteiger charge is -2.37. The molecule has 0 bridgehead atoms. The first-order chi connectivity index (χ1) is 14.7. The van der Waals surface area contributed by atoms with Crippen LogP contribution in [0.4, 0.5) is 9.59 Å². The van der Waals surface area contributed by atoms with Crippen LogP contribution in [0.3, 0.4) is 0 Å². The normalized spacial score (nSPS) is 21.1. The summed E-state index contributed by atoms with van der Waals surface area (Å²) in [5, 5.41) is 15.2. The second kappa shape index (κ2) is 11.7. The maximum absolute atomic E-state index is 12.4. The SMILES string of the molecule is COCO[C@@H]1C=C(CO)C[C@H](NC(=O)OCc2ccccc2)[C@H]1NC(=O)OC(C)(C)C. The van der Waals surface area contributed by atoms with E-state index in [1.807, 2.05) is 30.3 Å². The molecule has 1 aliphatic rings. The van der Waals surface area contributed by atoms with E-state index in [4.69, 9.17) is 18.9 Å². The summed E-state index contributed by atoms with van der Waals surface area (Å²) in [6.07, 6.45) is 0.0878. The second-order valence-electron chi connectivity index (χ2n) is 8.21. The molecule has 1 aromatic rings. The third kappa shape index (κ3) is 8.56. The Morgan fingerprint density at radius 3 is 2.45 bits per heavy atom. The second-order valence-corrected chi connectivity index (χ2v) is 8.21. The van der Waals surface area contributed by atoms with Gasteiger partial charge >= 0.3 is 12.2 Å². The maximum Gasteiger partial charge on any atom is 0.408 e. The maximum atomic E-state index is 12.4. The zero-order valence-electron chi connectivity index (χ0n) is 18.4. The van der Waals surface area contributed by atoms with Crippen molar-refractivity contribution in [3.63, 3.8) is 0 Å². The van der Waals surface area contributed by atoms with Crippen LogP contribution in [0.1, 0.15) is 32.8 Å². The number of hydrogen-bond donors (Lipinski definition) is 3. The molecule has 31 heavy (non-hydrogen) atoms. The van der Waals surface area contributed by atoms with Gasteiger partial charge < -0.3 is 34.7 Å². The topological polar surface area (TPSA) is 115 Å². The number of hydrogen-bond acceptors (Lipinski definition) is 7. The molecule has 0 saturated heterocycles. The Morgan fingerprint density at radius 2 is 1.84 bits per heavy atom.